The molecule has 152 valence electrons. The molecule has 0 fully saturated rings. The highest BCUT2D eigenvalue weighted by molar-refractivity contribution is 9.10. The van der Waals surface area contributed by atoms with Gasteiger partial charge in [-0.05, 0) is 31.5 Å². The number of hydrogen-bond donors (Lipinski definition) is 1. The minimum atomic E-state index is -0.224. The molecule has 0 aliphatic rings. The summed E-state index contributed by atoms with van der Waals surface area (Å²) < 4.78 is 8.21. The van der Waals surface area contributed by atoms with Crippen LogP contribution in [0.25, 0.3) is 10.9 Å². The van der Waals surface area contributed by atoms with Gasteiger partial charge in [0.05, 0.1) is 41.8 Å². The number of para-hydroxylation sites is 1. The van der Waals surface area contributed by atoms with Gasteiger partial charge in [-0.15, -0.1) is 0 Å². The first-order valence-electron chi connectivity index (χ1n) is 9.50. The van der Waals surface area contributed by atoms with Crippen molar-refractivity contribution in [2.75, 3.05) is 12.4 Å². The maximum atomic E-state index is 13.2. The molecule has 0 saturated carbocycles. The van der Waals surface area contributed by atoms with E-state index in [1.165, 1.54) is 0 Å². The van der Waals surface area contributed by atoms with E-state index < -0.39 is 0 Å². The summed E-state index contributed by atoms with van der Waals surface area (Å²) in [5, 5.41) is 8.45. The highest BCUT2D eigenvalue weighted by Crippen LogP contribution is 2.26. The predicted molar refractivity (Wildman–Crippen MR) is 121 cm³/mol. The lowest BCUT2D eigenvalue weighted by atomic mass is 10.1. The molecule has 0 saturated heterocycles. The molecule has 0 bridgehead atoms. The SMILES string of the molecule is COc1cc(C(=O)Nc2c(C)nn(Cc3ccccc3Br)c2C)c2ccccc2n1. The van der Waals surface area contributed by atoms with Gasteiger partial charge in [-0.2, -0.15) is 5.10 Å². The van der Waals surface area contributed by atoms with Crippen molar-refractivity contribution in [1.82, 2.24) is 14.8 Å². The van der Waals surface area contributed by atoms with Crippen molar-refractivity contribution >= 4 is 38.4 Å². The van der Waals surface area contributed by atoms with Crippen LogP contribution in [0.15, 0.2) is 59.1 Å². The first-order chi connectivity index (χ1) is 14.5. The van der Waals surface area contributed by atoms with Crippen molar-refractivity contribution in [3.05, 3.63) is 81.6 Å². The van der Waals surface area contributed by atoms with Gasteiger partial charge in [-0.25, -0.2) is 4.98 Å². The van der Waals surface area contributed by atoms with Crippen LogP contribution in [0.2, 0.25) is 0 Å². The van der Waals surface area contributed by atoms with Crippen LogP contribution in [-0.4, -0.2) is 27.8 Å². The van der Waals surface area contributed by atoms with Crippen molar-refractivity contribution in [2.24, 2.45) is 0 Å². The second-order valence-corrected chi connectivity index (χ2v) is 7.83. The fourth-order valence-electron chi connectivity index (χ4n) is 3.44. The first-order valence-corrected chi connectivity index (χ1v) is 10.3. The molecule has 2 aromatic carbocycles. The maximum Gasteiger partial charge on any atom is 0.256 e. The Hall–Kier alpha value is -3.19. The maximum absolute atomic E-state index is 13.2. The zero-order valence-corrected chi connectivity index (χ0v) is 18.5. The van der Waals surface area contributed by atoms with Gasteiger partial charge in [0, 0.05) is 15.9 Å². The number of fused-ring (bicyclic) bond motifs is 1. The zero-order valence-electron chi connectivity index (χ0n) is 16.9. The Morgan fingerprint density at radius 3 is 2.63 bits per heavy atom. The Morgan fingerprint density at radius 2 is 1.87 bits per heavy atom. The van der Waals surface area contributed by atoms with Gasteiger partial charge < -0.3 is 10.1 Å². The summed E-state index contributed by atoms with van der Waals surface area (Å²) in [7, 11) is 1.54. The highest BCUT2D eigenvalue weighted by atomic mass is 79.9. The Kier molecular flexibility index (Phi) is 5.55. The minimum absolute atomic E-state index is 0.224. The zero-order chi connectivity index (χ0) is 21.3. The van der Waals surface area contributed by atoms with Crippen molar-refractivity contribution in [2.45, 2.75) is 20.4 Å². The Labute approximate surface area is 183 Å². The lowest BCUT2D eigenvalue weighted by Gasteiger charge is -2.11. The molecule has 0 atom stereocenters. The number of hydrogen-bond acceptors (Lipinski definition) is 4. The number of rotatable bonds is 5. The molecule has 0 radical (unpaired) electrons. The van der Waals surface area contributed by atoms with E-state index in [4.69, 9.17) is 4.74 Å². The van der Waals surface area contributed by atoms with Gasteiger partial charge in [0.1, 0.15) is 0 Å². The number of methoxy groups -OCH3 is 1. The molecule has 0 spiro atoms. The van der Waals surface area contributed by atoms with Crippen LogP contribution in [0.3, 0.4) is 0 Å². The van der Waals surface area contributed by atoms with E-state index in [0.717, 1.165) is 26.8 Å². The molecule has 1 amide bonds. The summed E-state index contributed by atoms with van der Waals surface area (Å²) in [4.78, 5) is 17.6. The van der Waals surface area contributed by atoms with Crippen molar-refractivity contribution in [3.8, 4) is 5.88 Å². The number of nitrogens with one attached hydrogen (secondary N) is 1. The van der Waals surface area contributed by atoms with Crippen LogP contribution in [0.1, 0.15) is 27.3 Å². The summed E-state index contributed by atoms with van der Waals surface area (Å²) in [5.41, 5.74) is 4.70. The fourth-order valence-corrected chi connectivity index (χ4v) is 3.85. The van der Waals surface area contributed by atoms with Gasteiger partial charge in [0.2, 0.25) is 5.88 Å². The van der Waals surface area contributed by atoms with E-state index in [1.807, 2.05) is 67.1 Å². The number of carbonyl (C=O) groups excluding carboxylic acids is 1. The van der Waals surface area contributed by atoms with Crippen molar-refractivity contribution < 1.29 is 9.53 Å². The van der Waals surface area contributed by atoms with Crippen molar-refractivity contribution in [3.63, 3.8) is 0 Å². The first kappa shape index (κ1) is 20.1. The minimum Gasteiger partial charge on any atom is -0.481 e. The molecule has 0 aliphatic heterocycles. The summed E-state index contributed by atoms with van der Waals surface area (Å²) >= 11 is 3.58. The lowest BCUT2D eigenvalue weighted by Crippen LogP contribution is -2.14. The molecule has 0 aliphatic carbocycles. The fraction of sp³-hybridized carbons (Fsp3) is 0.174. The van der Waals surface area contributed by atoms with Crippen LogP contribution in [-0.2, 0) is 6.54 Å². The summed E-state index contributed by atoms with van der Waals surface area (Å²) in [5.74, 6) is 0.176. The monoisotopic (exact) mass is 464 g/mol. The van der Waals surface area contributed by atoms with Gasteiger partial charge in [0.25, 0.3) is 5.91 Å². The van der Waals surface area contributed by atoms with Gasteiger partial charge in [-0.1, -0.05) is 52.3 Å². The van der Waals surface area contributed by atoms with Crippen LogP contribution in [0, 0.1) is 13.8 Å². The number of pyridine rings is 1. The van der Waals surface area contributed by atoms with Crippen molar-refractivity contribution in [1.29, 1.82) is 0 Å². The molecule has 7 heteroatoms. The third kappa shape index (κ3) is 3.80. The molecule has 2 heterocycles. The van der Waals surface area contributed by atoms with Gasteiger partial charge in [-0.3, -0.25) is 9.48 Å². The lowest BCUT2D eigenvalue weighted by molar-refractivity contribution is 0.102. The summed E-state index contributed by atoms with van der Waals surface area (Å²) in [6.07, 6.45) is 0. The number of aromatic nitrogens is 3. The van der Waals surface area contributed by atoms with Crippen LogP contribution < -0.4 is 10.1 Å². The third-order valence-electron chi connectivity index (χ3n) is 5.04. The Morgan fingerprint density at radius 1 is 1.13 bits per heavy atom. The second kappa shape index (κ2) is 8.28. The number of nitrogens with zero attached hydrogens (tertiary/aromatic N) is 3. The quantitative estimate of drug-likeness (QED) is 0.444. The average molecular weight is 465 g/mol. The standard InChI is InChI=1S/C23H21BrN4O2/c1-14-22(15(2)28(27-14)13-16-8-4-6-10-19(16)24)26-23(29)18-12-21(30-3)25-20-11-7-5-9-17(18)20/h4-12H,13H2,1-3H3,(H,26,29). The largest absolute Gasteiger partial charge is 0.481 e. The summed E-state index contributed by atoms with van der Waals surface area (Å²) in [6, 6.07) is 17.2. The molecular weight excluding hydrogens is 444 g/mol. The number of aryl methyl sites for hydroxylation is 1. The van der Waals surface area contributed by atoms with E-state index in [0.29, 0.717) is 29.2 Å². The number of carbonyl (C=O) groups is 1. The van der Waals surface area contributed by atoms with E-state index in [1.54, 1.807) is 13.2 Å². The highest BCUT2D eigenvalue weighted by Gasteiger charge is 2.18. The second-order valence-electron chi connectivity index (χ2n) is 6.98. The van der Waals surface area contributed by atoms with E-state index in [2.05, 4.69) is 31.3 Å². The predicted octanol–water partition coefficient (Wildman–Crippen LogP) is 5.12. The van der Waals surface area contributed by atoms with E-state index >= 15 is 0 Å². The average Bonchev–Trinajstić information content (AvgIpc) is 3.01. The van der Waals surface area contributed by atoms with E-state index in [-0.39, 0.29) is 5.91 Å². The smallest absolute Gasteiger partial charge is 0.256 e. The van der Waals surface area contributed by atoms with Crippen LogP contribution in [0.4, 0.5) is 5.69 Å². The Bertz CT molecular complexity index is 1250. The number of anilines is 1. The molecule has 4 aromatic rings. The van der Waals surface area contributed by atoms with Gasteiger partial charge >= 0.3 is 0 Å². The van der Waals surface area contributed by atoms with Crippen LogP contribution in [0.5, 0.6) is 5.88 Å². The normalized spacial score (nSPS) is 10.9. The van der Waals surface area contributed by atoms with E-state index in [9.17, 15) is 4.79 Å². The third-order valence-corrected chi connectivity index (χ3v) is 5.82. The summed E-state index contributed by atoms with van der Waals surface area (Å²) in [6.45, 7) is 4.46. The number of benzene rings is 2. The molecular formula is C23H21BrN4O2. The molecule has 2 aromatic heterocycles. The molecule has 1 N–H and O–H groups in total. The number of amides is 1. The van der Waals surface area contributed by atoms with Crippen LogP contribution >= 0.6 is 15.9 Å². The molecule has 4 rings (SSSR count). The molecule has 0 unspecified atom stereocenters. The molecule has 30 heavy (non-hydrogen) atoms. The number of ether oxygens (including phenoxy) is 1. The topological polar surface area (TPSA) is 69.0 Å². The number of halogens is 1. The van der Waals surface area contributed by atoms with Gasteiger partial charge in [0.15, 0.2) is 0 Å². The Balaban J connectivity index is 1.67. The molecule has 6 nitrogen and oxygen atoms in total.